The van der Waals surface area contributed by atoms with E-state index < -0.39 is 37.2 Å². The summed E-state index contributed by atoms with van der Waals surface area (Å²) in [5.41, 5.74) is -1.46. The molecule has 0 aliphatic heterocycles. The van der Waals surface area contributed by atoms with Crippen molar-refractivity contribution in [1.82, 2.24) is 14.5 Å². The largest absolute Gasteiger partial charge is 0.433 e. The van der Waals surface area contributed by atoms with E-state index in [1.807, 2.05) is 11.5 Å². The first-order valence-electron chi connectivity index (χ1n) is 10.9. The van der Waals surface area contributed by atoms with Crippen LogP contribution in [0.2, 0.25) is 0 Å². The number of halogens is 5. The summed E-state index contributed by atoms with van der Waals surface area (Å²) >= 11 is 0. The van der Waals surface area contributed by atoms with Crippen molar-refractivity contribution < 1.29 is 31.9 Å². The molecule has 0 atom stereocenters. The van der Waals surface area contributed by atoms with Gasteiger partial charge < -0.3 is 9.67 Å². The molecule has 5 nitrogen and oxygen atoms in total. The zero-order valence-electron chi connectivity index (χ0n) is 18.2. The lowest BCUT2D eigenvalue weighted by molar-refractivity contribution is -0.141. The summed E-state index contributed by atoms with van der Waals surface area (Å²) < 4.78 is 65.6. The molecule has 1 N–H and O–H groups in total. The van der Waals surface area contributed by atoms with Gasteiger partial charge in [0.15, 0.2) is 11.3 Å². The van der Waals surface area contributed by atoms with Gasteiger partial charge in [-0.1, -0.05) is 6.92 Å². The number of hydrogen-bond donors (Lipinski definition) is 1. The molecule has 0 amide bonds. The van der Waals surface area contributed by atoms with Crippen LogP contribution < -0.4 is 0 Å². The maximum atomic E-state index is 13.3. The van der Waals surface area contributed by atoms with Crippen molar-refractivity contribution in [2.24, 2.45) is 0 Å². The zero-order valence-corrected chi connectivity index (χ0v) is 18.2. The Labute approximate surface area is 183 Å². The molecule has 0 unspecified atom stereocenters. The van der Waals surface area contributed by atoms with E-state index in [0.29, 0.717) is 16.7 Å². The number of imidazole rings is 1. The van der Waals surface area contributed by atoms with Crippen LogP contribution in [0.4, 0.5) is 22.0 Å². The van der Waals surface area contributed by atoms with Crippen LogP contribution in [0, 0.1) is 6.92 Å². The molecule has 0 aromatic carbocycles. The number of carbonyl (C=O) groups is 1. The fourth-order valence-electron chi connectivity index (χ4n) is 3.79. The number of fused-ring (bicyclic) bond motifs is 1. The maximum Gasteiger partial charge on any atom is 0.433 e. The van der Waals surface area contributed by atoms with Crippen molar-refractivity contribution in [2.75, 3.05) is 13.3 Å². The molecule has 0 spiro atoms. The third kappa shape index (κ3) is 5.27. The number of ketones is 1. The second-order valence-corrected chi connectivity index (χ2v) is 8.72. The molecule has 10 heteroatoms. The first-order valence-corrected chi connectivity index (χ1v) is 10.9. The lowest BCUT2D eigenvalue weighted by Crippen LogP contribution is -2.36. The molecule has 2 aliphatic rings. The van der Waals surface area contributed by atoms with E-state index in [9.17, 15) is 26.7 Å². The summed E-state index contributed by atoms with van der Waals surface area (Å²) in [4.78, 5) is 19.1. The van der Waals surface area contributed by atoms with E-state index in [0.717, 1.165) is 37.9 Å². The Hall–Kier alpha value is -2.10. The number of hydrogen-bond acceptors (Lipinski definition) is 4. The van der Waals surface area contributed by atoms with Gasteiger partial charge in [0, 0.05) is 18.9 Å². The van der Waals surface area contributed by atoms with E-state index in [1.165, 1.54) is 0 Å². The third-order valence-corrected chi connectivity index (χ3v) is 6.02. The number of aryl methyl sites for hydroxylation is 1. The van der Waals surface area contributed by atoms with Crippen LogP contribution in [0.3, 0.4) is 0 Å². The van der Waals surface area contributed by atoms with Crippen molar-refractivity contribution in [1.29, 1.82) is 0 Å². The number of Topliss-reactive ketones (excluding diaryl/α,β-unsaturated/α-hetero) is 1. The van der Waals surface area contributed by atoms with Crippen LogP contribution in [0.15, 0.2) is 6.07 Å². The van der Waals surface area contributed by atoms with Crippen molar-refractivity contribution >= 4 is 16.9 Å². The lowest BCUT2D eigenvalue weighted by Gasteiger charge is -2.28. The Bertz CT molecular complexity index is 961. The normalized spacial score (nSPS) is 17.1. The van der Waals surface area contributed by atoms with E-state index in [-0.39, 0.29) is 24.2 Å². The standard InChI is InChI=1S/C15H16F3N3.C7H12F2O2/c1-8-19-12-7-11(9-5-6-9)13(15(16,17)18)20-14(12)21(8)10-3-2-4-10;1-2-6(10)3-7(11,4-8)5-9/h7,9-10H,2-6H2,1H3;11H,2-5H2,1H3. The second-order valence-electron chi connectivity index (χ2n) is 8.72. The Kier molecular flexibility index (Phi) is 7.21. The van der Waals surface area contributed by atoms with Gasteiger partial charge in [-0.25, -0.2) is 18.7 Å². The third-order valence-electron chi connectivity index (χ3n) is 6.02. The summed E-state index contributed by atoms with van der Waals surface area (Å²) in [6.07, 6.45) is 0.125. The lowest BCUT2D eigenvalue weighted by atomic mass is 9.93. The number of nitrogens with zero attached hydrogens (tertiary/aromatic N) is 3. The molecule has 0 radical (unpaired) electrons. The summed E-state index contributed by atoms with van der Waals surface area (Å²) in [6.45, 7) is 1.01. The van der Waals surface area contributed by atoms with Crippen molar-refractivity contribution in [3.63, 3.8) is 0 Å². The van der Waals surface area contributed by atoms with Gasteiger partial charge in [0.05, 0.1) is 0 Å². The summed E-state index contributed by atoms with van der Waals surface area (Å²) in [5.74, 6) is 0.443. The molecular formula is C22H28F5N3O2. The minimum Gasteiger partial charge on any atom is -0.384 e. The SMILES string of the molecule is CCC(=O)CC(O)(CF)CF.Cc1nc2cc(C3CC3)c(C(F)(F)F)nc2n1C1CCC1. The Balaban J connectivity index is 0.000000226. The highest BCUT2D eigenvalue weighted by atomic mass is 19.4. The van der Waals surface area contributed by atoms with E-state index in [2.05, 4.69) is 9.97 Å². The zero-order chi connectivity index (χ0) is 23.7. The molecule has 2 aromatic heterocycles. The number of aromatic nitrogens is 3. The van der Waals surface area contributed by atoms with Gasteiger partial charge in [-0.2, -0.15) is 13.2 Å². The molecule has 32 heavy (non-hydrogen) atoms. The number of carbonyl (C=O) groups excluding carboxylic acids is 1. The molecule has 2 saturated carbocycles. The second kappa shape index (κ2) is 9.41. The Morgan fingerprint density at radius 2 is 1.78 bits per heavy atom. The van der Waals surface area contributed by atoms with Crippen LogP contribution in [0.1, 0.15) is 80.9 Å². The number of rotatable bonds is 7. The molecule has 178 valence electrons. The van der Waals surface area contributed by atoms with Crippen LogP contribution >= 0.6 is 0 Å². The highest BCUT2D eigenvalue weighted by Gasteiger charge is 2.41. The van der Waals surface area contributed by atoms with Gasteiger partial charge in [0.1, 0.15) is 36.1 Å². The highest BCUT2D eigenvalue weighted by molar-refractivity contribution is 5.79. The molecule has 2 fully saturated rings. The summed E-state index contributed by atoms with van der Waals surface area (Å²) in [6, 6.07) is 1.88. The van der Waals surface area contributed by atoms with Gasteiger partial charge in [-0.15, -0.1) is 0 Å². The predicted octanol–water partition coefficient (Wildman–Crippen LogP) is 5.39. The first kappa shape index (κ1) is 24.5. The molecule has 2 aliphatic carbocycles. The molecule has 2 heterocycles. The average Bonchev–Trinajstić information content (AvgIpc) is 3.50. The van der Waals surface area contributed by atoms with Gasteiger partial charge in [-0.05, 0) is 56.6 Å². The molecule has 0 bridgehead atoms. The van der Waals surface area contributed by atoms with Gasteiger partial charge in [0.25, 0.3) is 0 Å². The smallest absolute Gasteiger partial charge is 0.384 e. The predicted molar refractivity (Wildman–Crippen MR) is 109 cm³/mol. The minimum absolute atomic E-state index is 0.00711. The minimum atomic E-state index is -4.39. The van der Waals surface area contributed by atoms with E-state index in [1.54, 1.807) is 13.0 Å². The topological polar surface area (TPSA) is 68.0 Å². The highest BCUT2D eigenvalue weighted by Crippen LogP contribution is 2.46. The molecule has 2 aromatic rings. The average molecular weight is 461 g/mol. The summed E-state index contributed by atoms with van der Waals surface area (Å²) in [5, 5.41) is 8.96. The van der Waals surface area contributed by atoms with Gasteiger partial charge in [-0.3, -0.25) is 4.79 Å². The van der Waals surface area contributed by atoms with Gasteiger partial charge in [0.2, 0.25) is 0 Å². The first-order chi connectivity index (χ1) is 15.0. The van der Waals surface area contributed by atoms with E-state index >= 15 is 0 Å². The number of alkyl halides is 5. The van der Waals surface area contributed by atoms with Crippen LogP contribution in [0.25, 0.3) is 11.2 Å². The summed E-state index contributed by atoms with van der Waals surface area (Å²) in [7, 11) is 0. The maximum absolute atomic E-state index is 13.3. The van der Waals surface area contributed by atoms with Crippen LogP contribution in [-0.4, -0.2) is 44.4 Å². The number of pyridine rings is 1. The van der Waals surface area contributed by atoms with E-state index in [4.69, 9.17) is 5.11 Å². The monoisotopic (exact) mass is 461 g/mol. The molecule has 4 rings (SSSR count). The van der Waals surface area contributed by atoms with Crippen molar-refractivity contribution in [3.05, 3.63) is 23.1 Å². The fraction of sp³-hybridized carbons (Fsp3) is 0.682. The molecular weight excluding hydrogens is 433 g/mol. The Morgan fingerprint density at radius 3 is 2.22 bits per heavy atom. The number of aliphatic hydroxyl groups is 1. The van der Waals surface area contributed by atoms with Crippen molar-refractivity contribution in [3.8, 4) is 0 Å². The Morgan fingerprint density at radius 1 is 1.16 bits per heavy atom. The quantitative estimate of drug-likeness (QED) is 0.562. The van der Waals surface area contributed by atoms with Crippen LogP contribution in [-0.2, 0) is 11.0 Å². The molecule has 0 saturated heterocycles. The fourth-order valence-corrected chi connectivity index (χ4v) is 3.79. The van der Waals surface area contributed by atoms with Gasteiger partial charge >= 0.3 is 6.18 Å². The van der Waals surface area contributed by atoms with Crippen molar-refractivity contribution in [2.45, 2.75) is 82.5 Å². The van der Waals surface area contributed by atoms with Crippen LogP contribution in [0.5, 0.6) is 0 Å².